The van der Waals surface area contributed by atoms with E-state index in [1.807, 2.05) is 17.8 Å². The van der Waals surface area contributed by atoms with Crippen molar-refractivity contribution in [2.45, 2.75) is 6.54 Å². The van der Waals surface area contributed by atoms with Crippen molar-refractivity contribution >= 4 is 5.91 Å². The van der Waals surface area contributed by atoms with E-state index in [9.17, 15) is 9.18 Å². The summed E-state index contributed by atoms with van der Waals surface area (Å²) in [5, 5.41) is 7.42. The Morgan fingerprint density at radius 2 is 1.91 bits per heavy atom. The molecule has 2 aromatic heterocycles. The Labute approximate surface area is 190 Å². The lowest BCUT2D eigenvalue weighted by Crippen LogP contribution is -2.28. The normalized spacial score (nSPS) is 10.8. The number of rotatable bonds is 8. The molecule has 0 saturated carbocycles. The van der Waals surface area contributed by atoms with Crippen LogP contribution in [-0.2, 0) is 13.6 Å². The molecule has 0 radical (unpaired) electrons. The van der Waals surface area contributed by atoms with E-state index in [0.29, 0.717) is 30.2 Å². The van der Waals surface area contributed by atoms with Crippen molar-refractivity contribution in [1.82, 2.24) is 24.6 Å². The van der Waals surface area contributed by atoms with Gasteiger partial charge in [0.25, 0.3) is 5.91 Å². The summed E-state index contributed by atoms with van der Waals surface area (Å²) in [6.07, 6.45) is 5.28. The van der Waals surface area contributed by atoms with Gasteiger partial charge in [0.1, 0.15) is 23.0 Å². The highest BCUT2D eigenvalue weighted by Crippen LogP contribution is 2.31. The average Bonchev–Trinajstić information content (AvgIpc) is 3.44. The van der Waals surface area contributed by atoms with Crippen LogP contribution in [0.1, 0.15) is 10.4 Å². The summed E-state index contributed by atoms with van der Waals surface area (Å²) in [5.74, 6) is 1.18. The Morgan fingerprint density at radius 3 is 2.58 bits per heavy atom. The third-order valence-electron chi connectivity index (χ3n) is 5.29. The van der Waals surface area contributed by atoms with Crippen LogP contribution < -0.4 is 14.8 Å². The number of aryl methyl sites for hydroxylation is 1. The molecule has 33 heavy (non-hydrogen) atoms. The summed E-state index contributed by atoms with van der Waals surface area (Å²) >= 11 is 0. The second-order valence-corrected chi connectivity index (χ2v) is 7.32. The summed E-state index contributed by atoms with van der Waals surface area (Å²) in [4.78, 5) is 17.2. The number of aromatic nitrogens is 4. The number of amides is 1. The predicted octanol–water partition coefficient (Wildman–Crippen LogP) is 3.54. The lowest BCUT2D eigenvalue weighted by Gasteiger charge is -2.13. The van der Waals surface area contributed by atoms with Crippen molar-refractivity contribution in [2.75, 3.05) is 20.8 Å². The molecule has 2 heterocycles. The number of methoxy groups -OCH3 is 2. The van der Waals surface area contributed by atoms with Crippen LogP contribution in [0, 0.1) is 5.82 Å². The molecule has 0 atom stereocenters. The standard InChI is InChI=1S/C24H24FN5O3/c1-29-12-10-26-23(29)22-20(16-4-6-17(25)7-5-16)15-28-30(22)13-11-27-24(31)19-9-8-18(32-2)14-21(19)33-3/h4-10,12,14-15H,11,13H2,1-3H3,(H,27,31). The minimum Gasteiger partial charge on any atom is -0.497 e. The topological polar surface area (TPSA) is 83.2 Å². The second-order valence-electron chi connectivity index (χ2n) is 7.32. The third-order valence-corrected chi connectivity index (χ3v) is 5.29. The van der Waals surface area contributed by atoms with Crippen LogP contribution in [0.3, 0.4) is 0 Å². The predicted molar refractivity (Wildman–Crippen MR) is 122 cm³/mol. The SMILES string of the molecule is COc1ccc(C(=O)NCCn2ncc(-c3ccc(F)cc3)c2-c2nccn2C)c(OC)c1. The maximum atomic E-state index is 13.4. The zero-order chi connectivity index (χ0) is 23.4. The first-order chi connectivity index (χ1) is 16.0. The van der Waals surface area contributed by atoms with Gasteiger partial charge in [-0.05, 0) is 29.8 Å². The number of nitrogens with zero attached hydrogens (tertiary/aromatic N) is 4. The van der Waals surface area contributed by atoms with Gasteiger partial charge in [-0.3, -0.25) is 9.48 Å². The number of carbonyl (C=O) groups is 1. The smallest absolute Gasteiger partial charge is 0.255 e. The van der Waals surface area contributed by atoms with E-state index in [-0.39, 0.29) is 11.7 Å². The van der Waals surface area contributed by atoms with E-state index >= 15 is 0 Å². The number of benzene rings is 2. The lowest BCUT2D eigenvalue weighted by atomic mass is 10.1. The molecular weight excluding hydrogens is 425 g/mol. The Bertz CT molecular complexity index is 1260. The van der Waals surface area contributed by atoms with Gasteiger partial charge in [-0.25, -0.2) is 9.37 Å². The number of carbonyl (C=O) groups excluding carboxylic acids is 1. The summed E-state index contributed by atoms with van der Waals surface area (Å²) in [7, 11) is 4.95. The van der Waals surface area contributed by atoms with Gasteiger partial charge in [-0.2, -0.15) is 5.10 Å². The van der Waals surface area contributed by atoms with E-state index in [1.165, 1.54) is 19.2 Å². The van der Waals surface area contributed by atoms with E-state index < -0.39 is 0 Å². The molecule has 8 nitrogen and oxygen atoms in total. The van der Waals surface area contributed by atoms with Crippen LogP contribution in [-0.4, -0.2) is 46.0 Å². The Balaban J connectivity index is 1.56. The van der Waals surface area contributed by atoms with Gasteiger partial charge in [0.15, 0.2) is 5.82 Å². The zero-order valence-electron chi connectivity index (χ0n) is 18.6. The molecule has 1 amide bonds. The molecule has 0 aliphatic heterocycles. The number of hydrogen-bond acceptors (Lipinski definition) is 5. The van der Waals surface area contributed by atoms with E-state index in [2.05, 4.69) is 15.4 Å². The van der Waals surface area contributed by atoms with Gasteiger partial charge in [-0.1, -0.05) is 12.1 Å². The fraction of sp³-hybridized carbons (Fsp3) is 0.208. The largest absolute Gasteiger partial charge is 0.497 e. The van der Waals surface area contributed by atoms with Gasteiger partial charge in [-0.15, -0.1) is 0 Å². The molecule has 0 saturated heterocycles. The van der Waals surface area contributed by atoms with Crippen LogP contribution in [0.4, 0.5) is 4.39 Å². The van der Waals surface area contributed by atoms with Crippen LogP contribution in [0.2, 0.25) is 0 Å². The van der Waals surface area contributed by atoms with Gasteiger partial charge < -0.3 is 19.4 Å². The fourth-order valence-corrected chi connectivity index (χ4v) is 3.58. The first kappa shape index (κ1) is 22.1. The molecule has 0 spiro atoms. The number of halogens is 1. The molecular formula is C24H24FN5O3. The molecule has 0 aliphatic rings. The van der Waals surface area contributed by atoms with Crippen molar-refractivity contribution in [2.24, 2.45) is 7.05 Å². The fourth-order valence-electron chi connectivity index (χ4n) is 3.58. The van der Waals surface area contributed by atoms with Gasteiger partial charge in [0, 0.05) is 37.6 Å². The summed E-state index contributed by atoms with van der Waals surface area (Å²) in [5.41, 5.74) is 2.85. The maximum absolute atomic E-state index is 13.4. The first-order valence-electron chi connectivity index (χ1n) is 10.3. The van der Waals surface area contributed by atoms with Crippen molar-refractivity contribution in [3.8, 4) is 34.1 Å². The Morgan fingerprint density at radius 1 is 1.12 bits per heavy atom. The molecule has 0 bridgehead atoms. The Hall–Kier alpha value is -4.14. The van der Waals surface area contributed by atoms with Crippen molar-refractivity contribution < 1.29 is 18.7 Å². The van der Waals surface area contributed by atoms with Gasteiger partial charge in [0.2, 0.25) is 0 Å². The number of ether oxygens (including phenoxy) is 2. The highest BCUT2D eigenvalue weighted by Gasteiger charge is 2.19. The molecule has 170 valence electrons. The molecule has 2 aromatic carbocycles. The minimum absolute atomic E-state index is 0.265. The second kappa shape index (κ2) is 9.56. The highest BCUT2D eigenvalue weighted by atomic mass is 19.1. The van der Waals surface area contributed by atoms with Crippen LogP contribution in [0.15, 0.2) is 61.1 Å². The van der Waals surface area contributed by atoms with E-state index in [0.717, 1.165) is 22.6 Å². The molecule has 9 heteroatoms. The third kappa shape index (κ3) is 4.57. The van der Waals surface area contributed by atoms with Crippen molar-refractivity contribution in [3.05, 3.63) is 72.4 Å². The zero-order valence-corrected chi connectivity index (χ0v) is 18.6. The number of nitrogens with one attached hydrogen (secondary N) is 1. The molecule has 0 unspecified atom stereocenters. The van der Waals surface area contributed by atoms with Gasteiger partial charge in [0.05, 0.1) is 32.5 Å². The summed E-state index contributed by atoms with van der Waals surface area (Å²) < 4.78 is 27.6. The molecule has 1 N–H and O–H groups in total. The first-order valence-corrected chi connectivity index (χ1v) is 10.3. The average molecular weight is 449 g/mol. The Kier molecular flexibility index (Phi) is 6.39. The van der Waals surface area contributed by atoms with Crippen LogP contribution >= 0.6 is 0 Å². The van der Waals surface area contributed by atoms with Crippen LogP contribution in [0.5, 0.6) is 11.5 Å². The van der Waals surface area contributed by atoms with E-state index in [1.54, 1.807) is 54.5 Å². The number of hydrogen-bond donors (Lipinski definition) is 1. The van der Waals surface area contributed by atoms with Crippen molar-refractivity contribution in [3.63, 3.8) is 0 Å². The quantitative estimate of drug-likeness (QED) is 0.445. The maximum Gasteiger partial charge on any atom is 0.255 e. The molecule has 0 fully saturated rings. The van der Waals surface area contributed by atoms with Crippen LogP contribution in [0.25, 0.3) is 22.6 Å². The van der Waals surface area contributed by atoms with E-state index in [4.69, 9.17) is 9.47 Å². The summed E-state index contributed by atoms with van der Waals surface area (Å²) in [6, 6.07) is 11.3. The number of imidazole rings is 1. The lowest BCUT2D eigenvalue weighted by molar-refractivity contribution is 0.0949. The summed E-state index contributed by atoms with van der Waals surface area (Å²) in [6.45, 7) is 0.740. The molecule has 4 rings (SSSR count). The highest BCUT2D eigenvalue weighted by molar-refractivity contribution is 5.97. The molecule has 4 aromatic rings. The minimum atomic E-state index is -0.304. The molecule has 0 aliphatic carbocycles. The monoisotopic (exact) mass is 449 g/mol. The van der Waals surface area contributed by atoms with Gasteiger partial charge >= 0.3 is 0 Å². The van der Waals surface area contributed by atoms with Crippen molar-refractivity contribution in [1.29, 1.82) is 0 Å².